The molecule has 1 aliphatic carbocycles. The third-order valence-electron chi connectivity index (χ3n) is 6.60. The van der Waals surface area contributed by atoms with Crippen LogP contribution in [0.3, 0.4) is 0 Å². The highest BCUT2D eigenvalue weighted by molar-refractivity contribution is 6.31. The van der Waals surface area contributed by atoms with Crippen LogP contribution in [0.25, 0.3) is 0 Å². The largest absolute Gasteiger partial charge is 0.383 e. The van der Waals surface area contributed by atoms with Crippen molar-refractivity contribution in [2.24, 2.45) is 0 Å². The van der Waals surface area contributed by atoms with Gasteiger partial charge in [0, 0.05) is 49.6 Å². The van der Waals surface area contributed by atoms with Gasteiger partial charge in [0.15, 0.2) is 0 Å². The molecule has 0 bridgehead atoms. The molecule has 0 unspecified atom stereocenters. The molecule has 186 valence electrons. The molecule has 2 aromatic rings. The van der Waals surface area contributed by atoms with Crippen LogP contribution < -0.4 is 0 Å². The van der Waals surface area contributed by atoms with Crippen molar-refractivity contribution in [3.8, 4) is 0 Å². The summed E-state index contributed by atoms with van der Waals surface area (Å²) in [5, 5.41) is 0.741. The summed E-state index contributed by atoms with van der Waals surface area (Å²) < 4.78 is 7.36. The number of methoxy groups -OCH3 is 1. The summed E-state index contributed by atoms with van der Waals surface area (Å²) in [4.78, 5) is 30.0. The fraction of sp³-hybridized carbons (Fsp3) is 0.556. The van der Waals surface area contributed by atoms with Gasteiger partial charge in [0.25, 0.3) is 0 Å². The molecule has 2 amide bonds. The van der Waals surface area contributed by atoms with Crippen LogP contribution in [0.1, 0.15) is 63.1 Å². The van der Waals surface area contributed by atoms with E-state index in [1.54, 1.807) is 12.0 Å². The van der Waals surface area contributed by atoms with Crippen molar-refractivity contribution in [3.05, 3.63) is 58.9 Å². The molecule has 7 heteroatoms. The molecule has 6 nitrogen and oxygen atoms in total. The molecular weight excluding hydrogens is 450 g/mol. The zero-order valence-corrected chi connectivity index (χ0v) is 21.3. The molecule has 1 fully saturated rings. The fourth-order valence-corrected chi connectivity index (χ4v) is 4.86. The lowest BCUT2D eigenvalue weighted by Gasteiger charge is -2.36. The van der Waals surface area contributed by atoms with Crippen LogP contribution in [0, 0.1) is 0 Å². The van der Waals surface area contributed by atoms with E-state index >= 15 is 0 Å². The normalized spacial score (nSPS) is 14.2. The molecule has 0 aliphatic heterocycles. The molecule has 34 heavy (non-hydrogen) atoms. The van der Waals surface area contributed by atoms with Gasteiger partial charge in [-0.1, -0.05) is 56.0 Å². The first-order valence-corrected chi connectivity index (χ1v) is 12.8. The van der Waals surface area contributed by atoms with E-state index in [0.29, 0.717) is 32.7 Å². The van der Waals surface area contributed by atoms with Crippen molar-refractivity contribution < 1.29 is 14.3 Å². The van der Waals surface area contributed by atoms with Crippen LogP contribution >= 0.6 is 11.6 Å². The molecular formula is C27H38ClN3O3. The zero-order chi connectivity index (χ0) is 24.3. The Hall–Kier alpha value is -2.31. The highest BCUT2D eigenvalue weighted by Gasteiger charge is 2.28. The minimum Gasteiger partial charge on any atom is -0.383 e. The molecule has 3 rings (SSSR count). The van der Waals surface area contributed by atoms with Gasteiger partial charge >= 0.3 is 0 Å². The van der Waals surface area contributed by atoms with Gasteiger partial charge < -0.3 is 19.1 Å². The summed E-state index contributed by atoms with van der Waals surface area (Å²) >= 11 is 6.40. The average Bonchev–Trinajstić information content (AvgIpc) is 3.28. The summed E-state index contributed by atoms with van der Waals surface area (Å²) in [5.41, 5.74) is 2.12. The van der Waals surface area contributed by atoms with E-state index in [9.17, 15) is 9.59 Å². The van der Waals surface area contributed by atoms with Gasteiger partial charge in [0.2, 0.25) is 11.8 Å². The van der Waals surface area contributed by atoms with Gasteiger partial charge in [-0.2, -0.15) is 0 Å². The second-order valence-corrected chi connectivity index (χ2v) is 9.50. The van der Waals surface area contributed by atoms with Crippen LogP contribution in [-0.4, -0.2) is 59.0 Å². The van der Waals surface area contributed by atoms with Gasteiger partial charge in [-0.3, -0.25) is 9.59 Å². The summed E-state index contributed by atoms with van der Waals surface area (Å²) in [6.45, 7) is 4.12. The lowest BCUT2D eigenvalue weighted by Crippen LogP contribution is -2.48. The van der Waals surface area contributed by atoms with E-state index in [4.69, 9.17) is 16.3 Å². The van der Waals surface area contributed by atoms with Crippen LogP contribution in [0.5, 0.6) is 0 Å². The Morgan fingerprint density at radius 2 is 1.85 bits per heavy atom. The van der Waals surface area contributed by atoms with E-state index < -0.39 is 0 Å². The topological polar surface area (TPSA) is 54.8 Å². The Balaban J connectivity index is 1.79. The quantitative estimate of drug-likeness (QED) is 0.417. The first-order valence-electron chi connectivity index (χ1n) is 12.5. The minimum atomic E-state index is 0.0120. The van der Waals surface area contributed by atoms with Crippen molar-refractivity contribution in [1.29, 1.82) is 0 Å². The number of hydrogen-bond donors (Lipinski definition) is 0. The summed E-state index contributed by atoms with van der Waals surface area (Å²) in [7, 11) is 1.62. The number of amides is 2. The molecule has 0 N–H and O–H groups in total. The number of aromatic nitrogens is 1. The standard InChI is InChI=1S/C27H38ClN3O3/c1-3-10-26(32)30(17-18-34-2)21-27(33)31(23-12-5-4-6-13-23)20-24-14-9-16-29(24)19-22-11-7-8-15-25(22)28/h7-9,11,14-16,23H,3-6,10,12-13,17-21H2,1-2H3. The predicted molar refractivity (Wildman–Crippen MR) is 136 cm³/mol. The maximum Gasteiger partial charge on any atom is 0.242 e. The minimum absolute atomic E-state index is 0.0120. The van der Waals surface area contributed by atoms with Gasteiger partial charge in [-0.05, 0) is 43.0 Å². The van der Waals surface area contributed by atoms with Crippen molar-refractivity contribution >= 4 is 23.4 Å². The Kier molecular flexibility index (Phi) is 10.5. The van der Waals surface area contributed by atoms with E-state index in [0.717, 1.165) is 48.4 Å². The first kappa shape index (κ1) is 26.3. The van der Waals surface area contributed by atoms with Crippen molar-refractivity contribution in [3.63, 3.8) is 0 Å². The molecule has 0 radical (unpaired) electrons. The van der Waals surface area contributed by atoms with E-state index in [-0.39, 0.29) is 24.4 Å². The highest BCUT2D eigenvalue weighted by Crippen LogP contribution is 2.25. The average molecular weight is 488 g/mol. The zero-order valence-electron chi connectivity index (χ0n) is 20.5. The van der Waals surface area contributed by atoms with Crippen molar-refractivity contribution in [1.82, 2.24) is 14.4 Å². The van der Waals surface area contributed by atoms with Gasteiger partial charge in [-0.25, -0.2) is 0 Å². The Bertz CT molecular complexity index is 923. The highest BCUT2D eigenvalue weighted by atomic mass is 35.5. The number of halogens is 1. The van der Waals surface area contributed by atoms with Crippen LogP contribution in [-0.2, 0) is 27.4 Å². The maximum atomic E-state index is 13.6. The smallest absolute Gasteiger partial charge is 0.242 e. The molecule has 0 spiro atoms. The maximum absolute atomic E-state index is 13.6. The summed E-state index contributed by atoms with van der Waals surface area (Å²) in [5.74, 6) is 0.0246. The van der Waals surface area contributed by atoms with Crippen molar-refractivity contribution in [2.75, 3.05) is 26.8 Å². The number of carbonyl (C=O) groups excluding carboxylic acids is 2. The lowest BCUT2D eigenvalue weighted by atomic mass is 9.94. The van der Waals surface area contributed by atoms with Gasteiger partial charge in [-0.15, -0.1) is 0 Å². The number of nitrogens with zero attached hydrogens (tertiary/aromatic N) is 3. The molecule has 1 saturated carbocycles. The Labute approximate surface area is 208 Å². The first-order chi connectivity index (χ1) is 16.5. The van der Waals surface area contributed by atoms with Gasteiger partial charge in [0.1, 0.15) is 0 Å². The molecule has 1 heterocycles. The number of benzene rings is 1. The summed E-state index contributed by atoms with van der Waals surface area (Å²) in [6, 6.07) is 12.2. The molecule has 1 aliphatic rings. The van der Waals surface area contributed by atoms with Crippen LogP contribution in [0.2, 0.25) is 5.02 Å². The van der Waals surface area contributed by atoms with Crippen LogP contribution in [0.4, 0.5) is 0 Å². The molecule has 0 saturated heterocycles. The lowest BCUT2D eigenvalue weighted by molar-refractivity contribution is -0.143. The Morgan fingerprint density at radius 3 is 2.56 bits per heavy atom. The number of hydrogen-bond acceptors (Lipinski definition) is 3. The predicted octanol–water partition coefficient (Wildman–Crippen LogP) is 5.13. The number of carbonyl (C=O) groups is 2. The molecule has 1 aromatic carbocycles. The monoisotopic (exact) mass is 487 g/mol. The fourth-order valence-electron chi connectivity index (χ4n) is 4.67. The van der Waals surface area contributed by atoms with Crippen LogP contribution in [0.15, 0.2) is 42.6 Å². The van der Waals surface area contributed by atoms with Gasteiger partial charge in [0.05, 0.1) is 19.7 Å². The number of rotatable bonds is 12. The molecule has 1 aromatic heterocycles. The third kappa shape index (κ3) is 7.34. The molecule has 0 atom stereocenters. The third-order valence-corrected chi connectivity index (χ3v) is 6.97. The van der Waals surface area contributed by atoms with E-state index in [1.807, 2.05) is 48.4 Å². The Morgan fingerprint density at radius 1 is 1.09 bits per heavy atom. The van der Waals surface area contributed by atoms with E-state index in [2.05, 4.69) is 10.6 Å². The van der Waals surface area contributed by atoms with Crippen molar-refractivity contribution in [2.45, 2.75) is 71.0 Å². The number of ether oxygens (including phenoxy) is 1. The SMILES string of the molecule is CCCC(=O)N(CCOC)CC(=O)N(Cc1cccn1Cc1ccccc1Cl)C1CCCCC1. The second kappa shape index (κ2) is 13.5. The summed E-state index contributed by atoms with van der Waals surface area (Å²) in [6.07, 6.45) is 8.76. The second-order valence-electron chi connectivity index (χ2n) is 9.09. The van der Waals surface area contributed by atoms with E-state index in [1.165, 1.54) is 6.42 Å².